The highest BCUT2D eigenvalue weighted by atomic mass is 19.1. The number of hydrogen-bond donors (Lipinski definition) is 1. The Bertz CT molecular complexity index is 1370. The summed E-state index contributed by atoms with van der Waals surface area (Å²) < 4.78 is 41.9. The predicted molar refractivity (Wildman–Crippen MR) is 149 cm³/mol. The molecule has 3 aromatic rings. The Morgan fingerprint density at radius 1 is 1.10 bits per heavy atom. The summed E-state index contributed by atoms with van der Waals surface area (Å²) in [6.45, 7) is 2.99. The Morgan fingerprint density at radius 3 is 2.52 bits per heavy atom. The van der Waals surface area contributed by atoms with Crippen molar-refractivity contribution in [3.63, 3.8) is 0 Å². The first-order valence-corrected chi connectivity index (χ1v) is 13.5. The maximum absolute atomic E-state index is 13.5. The summed E-state index contributed by atoms with van der Waals surface area (Å²) in [5.41, 5.74) is 0.658. The topological polar surface area (TPSA) is 122 Å². The summed E-state index contributed by atoms with van der Waals surface area (Å²) >= 11 is 0. The normalized spacial score (nSPS) is 21.0. The van der Waals surface area contributed by atoms with Crippen LogP contribution in [0.5, 0.6) is 17.2 Å². The minimum absolute atomic E-state index is 0.122. The van der Waals surface area contributed by atoms with Gasteiger partial charge in [-0.3, -0.25) is 9.59 Å². The van der Waals surface area contributed by atoms with E-state index in [1.807, 2.05) is 30.3 Å². The zero-order valence-corrected chi connectivity index (χ0v) is 23.6. The highest BCUT2D eigenvalue weighted by Gasteiger charge is 2.36. The van der Waals surface area contributed by atoms with E-state index in [0.29, 0.717) is 18.6 Å². The fourth-order valence-electron chi connectivity index (χ4n) is 4.70. The van der Waals surface area contributed by atoms with Crippen LogP contribution >= 0.6 is 0 Å². The van der Waals surface area contributed by atoms with Crippen LogP contribution in [0.25, 0.3) is 0 Å². The van der Waals surface area contributed by atoms with Crippen molar-refractivity contribution in [2.24, 2.45) is 5.92 Å². The molecule has 4 rings (SSSR count). The molecule has 1 saturated heterocycles. The lowest BCUT2D eigenvalue weighted by atomic mass is 9.88. The molecule has 0 spiro atoms. The Labute approximate surface area is 243 Å². The predicted octanol–water partition coefficient (Wildman–Crippen LogP) is 3.91. The molecule has 1 fully saturated rings. The zero-order valence-electron chi connectivity index (χ0n) is 23.6. The van der Waals surface area contributed by atoms with E-state index in [2.05, 4.69) is 10.3 Å². The molecule has 0 saturated carbocycles. The van der Waals surface area contributed by atoms with Crippen molar-refractivity contribution >= 4 is 17.8 Å². The third-order valence-corrected chi connectivity index (χ3v) is 6.71. The maximum atomic E-state index is 13.5. The van der Waals surface area contributed by atoms with Gasteiger partial charge in [0.05, 0.1) is 13.7 Å². The second kappa shape index (κ2) is 14.4. The molecule has 0 bridgehead atoms. The minimum atomic E-state index is -1.19. The van der Waals surface area contributed by atoms with Crippen LogP contribution in [-0.2, 0) is 25.5 Å². The Kier molecular flexibility index (Phi) is 10.4. The van der Waals surface area contributed by atoms with Gasteiger partial charge in [-0.2, -0.15) is 0 Å². The number of cyclic esters (lactones) is 1. The van der Waals surface area contributed by atoms with Gasteiger partial charge in [0, 0.05) is 31.7 Å². The average Bonchev–Trinajstić information content (AvgIpc) is 2.97. The average molecular weight is 581 g/mol. The van der Waals surface area contributed by atoms with Crippen molar-refractivity contribution < 1.29 is 42.5 Å². The van der Waals surface area contributed by atoms with E-state index in [4.69, 9.17) is 23.7 Å². The number of para-hydroxylation sites is 1. The standard InChI is InChI=1S/C31H33FN2O8/c1-19-28(42-24-7-5-4-6-8-24)22(17-21-9-11-23(32)12-10-21)14-16-39-18-25(31(37)40-19)34-30(36)27-29(41-20(2)35)26(38-3)13-15-33-27/h4-13,15,19,22,25,28H,14,16-18H2,1-3H3,(H,34,36)/t19-,22+,25-,28-/m0/s1. The van der Waals surface area contributed by atoms with Crippen molar-refractivity contribution in [1.29, 1.82) is 0 Å². The number of nitrogens with zero attached hydrogens (tertiary/aromatic N) is 1. The van der Waals surface area contributed by atoms with E-state index in [1.165, 1.54) is 38.4 Å². The molecule has 1 amide bonds. The fraction of sp³-hybridized carbons (Fsp3) is 0.355. The van der Waals surface area contributed by atoms with Crippen LogP contribution < -0.4 is 19.5 Å². The maximum Gasteiger partial charge on any atom is 0.331 e. The molecule has 42 heavy (non-hydrogen) atoms. The molecule has 222 valence electrons. The molecular weight excluding hydrogens is 547 g/mol. The van der Waals surface area contributed by atoms with Crippen LogP contribution in [-0.4, -0.2) is 61.4 Å². The van der Waals surface area contributed by atoms with Gasteiger partial charge in [0.15, 0.2) is 17.5 Å². The summed E-state index contributed by atoms with van der Waals surface area (Å²) in [7, 11) is 1.36. The number of carbonyl (C=O) groups excluding carboxylic acids is 3. The largest absolute Gasteiger partial charge is 0.493 e. The number of hydrogen-bond acceptors (Lipinski definition) is 9. The second-order valence-electron chi connectivity index (χ2n) is 9.80. The summed E-state index contributed by atoms with van der Waals surface area (Å²) in [5, 5.41) is 2.58. The van der Waals surface area contributed by atoms with Gasteiger partial charge in [-0.15, -0.1) is 0 Å². The first-order valence-electron chi connectivity index (χ1n) is 13.5. The number of nitrogens with one attached hydrogen (secondary N) is 1. The van der Waals surface area contributed by atoms with Gasteiger partial charge in [0.1, 0.15) is 23.8 Å². The molecule has 10 nitrogen and oxygen atoms in total. The third kappa shape index (κ3) is 8.03. The van der Waals surface area contributed by atoms with Crippen molar-refractivity contribution in [2.75, 3.05) is 20.3 Å². The minimum Gasteiger partial charge on any atom is -0.493 e. The molecule has 1 aliphatic heterocycles. The summed E-state index contributed by atoms with van der Waals surface area (Å²) in [6, 6.07) is 15.6. The quantitative estimate of drug-likeness (QED) is 0.395. The van der Waals surface area contributed by atoms with Gasteiger partial charge >= 0.3 is 11.9 Å². The number of benzene rings is 2. The van der Waals surface area contributed by atoms with Crippen LogP contribution in [0.4, 0.5) is 4.39 Å². The molecule has 0 unspecified atom stereocenters. The molecule has 2 aromatic carbocycles. The monoisotopic (exact) mass is 580 g/mol. The van der Waals surface area contributed by atoms with E-state index in [0.717, 1.165) is 5.56 Å². The molecule has 11 heteroatoms. The molecule has 0 radical (unpaired) electrons. The van der Waals surface area contributed by atoms with E-state index >= 15 is 0 Å². The first kappa shape index (κ1) is 30.4. The number of ether oxygens (including phenoxy) is 5. The SMILES string of the molecule is COc1ccnc(C(=O)N[C@H]2COCC[C@H](Cc3ccc(F)cc3)[C@@H](Oc3ccccc3)[C@H](C)OC2=O)c1OC(C)=O. The number of halogens is 1. The van der Waals surface area contributed by atoms with E-state index < -0.39 is 36.1 Å². The van der Waals surface area contributed by atoms with Crippen LogP contribution in [0.15, 0.2) is 66.9 Å². The van der Waals surface area contributed by atoms with Gasteiger partial charge in [-0.25, -0.2) is 14.2 Å². The third-order valence-electron chi connectivity index (χ3n) is 6.71. The number of carbonyl (C=O) groups is 3. The number of aromatic nitrogens is 1. The second-order valence-corrected chi connectivity index (χ2v) is 9.80. The van der Waals surface area contributed by atoms with E-state index in [9.17, 15) is 18.8 Å². The number of esters is 2. The van der Waals surface area contributed by atoms with Crippen molar-refractivity contribution in [2.45, 2.75) is 44.9 Å². The van der Waals surface area contributed by atoms with Crippen molar-refractivity contribution in [1.82, 2.24) is 10.3 Å². The molecule has 0 aliphatic carbocycles. The van der Waals surface area contributed by atoms with Gasteiger partial charge < -0.3 is 29.0 Å². The number of methoxy groups -OCH3 is 1. The van der Waals surface area contributed by atoms with Gasteiger partial charge in [0.2, 0.25) is 5.75 Å². The highest BCUT2D eigenvalue weighted by molar-refractivity contribution is 5.98. The van der Waals surface area contributed by atoms with Crippen molar-refractivity contribution in [3.8, 4) is 17.2 Å². The highest BCUT2D eigenvalue weighted by Crippen LogP contribution is 2.30. The van der Waals surface area contributed by atoms with E-state index in [-0.39, 0.29) is 42.1 Å². The van der Waals surface area contributed by atoms with Crippen LogP contribution in [0.3, 0.4) is 0 Å². The molecule has 1 aromatic heterocycles. The fourth-order valence-corrected chi connectivity index (χ4v) is 4.70. The zero-order chi connectivity index (χ0) is 30.1. The van der Waals surface area contributed by atoms with Gasteiger partial charge in [0.25, 0.3) is 5.91 Å². The number of amides is 1. The van der Waals surface area contributed by atoms with Crippen LogP contribution in [0.1, 0.15) is 36.3 Å². The molecule has 2 heterocycles. The lowest BCUT2D eigenvalue weighted by molar-refractivity contribution is -0.160. The van der Waals surface area contributed by atoms with Crippen molar-refractivity contribution in [3.05, 3.63) is 83.9 Å². The Balaban J connectivity index is 1.55. The first-order chi connectivity index (χ1) is 20.2. The summed E-state index contributed by atoms with van der Waals surface area (Å²) in [6.07, 6.45) is 1.06. The Morgan fingerprint density at radius 2 is 1.83 bits per heavy atom. The van der Waals surface area contributed by atoms with Gasteiger partial charge in [-0.05, 0) is 49.6 Å². The molecule has 1 aliphatic rings. The summed E-state index contributed by atoms with van der Waals surface area (Å²) in [4.78, 5) is 42.2. The summed E-state index contributed by atoms with van der Waals surface area (Å²) in [5.74, 6) is -2.14. The lowest BCUT2D eigenvalue weighted by Crippen LogP contribution is -2.50. The lowest BCUT2D eigenvalue weighted by Gasteiger charge is -2.34. The Hall–Kier alpha value is -4.51. The molecule has 1 N–H and O–H groups in total. The number of pyridine rings is 1. The smallest absolute Gasteiger partial charge is 0.331 e. The van der Waals surface area contributed by atoms with Crippen LogP contribution in [0.2, 0.25) is 0 Å². The molecular formula is C31H33FN2O8. The van der Waals surface area contributed by atoms with Gasteiger partial charge in [-0.1, -0.05) is 30.3 Å². The molecule has 4 atom stereocenters. The number of rotatable bonds is 8. The van der Waals surface area contributed by atoms with Crippen LogP contribution in [0, 0.1) is 11.7 Å². The van der Waals surface area contributed by atoms with E-state index in [1.54, 1.807) is 19.1 Å².